The summed E-state index contributed by atoms with van der Waals surface area (Å²) >= 11 is 5.90. The molecule has 160 valence electrons. The zero-order valence-corrected chi connectivity index (χ0v) is 17.9. The smallest absolute Gasteiger partial charge is 0.255 e. The van der Waals surface area contributed by atoms with Gasteiger partial charge >= 0.3 is 0 Å². The van der Waals surface area contributed by atoms with Gasteiger partial charge in [0.25, 0.3) is 5.91 Å². The number of hydrazone groups is 1. The molecule has 31 heavy (non-hydrogen) atoms. The molecule has 3 aromatic rings. The molecule has 0 saturated carbocycles. The Kier molecular flexibility index (Phi) is 7.51. The van der Waals surface area contributed by atoms with E-state index in [0.29, 0.717) is 16.1 Å². The predicted octanol–water partition coefficient (Wildman–Crippen LogP) is 3.82. The molecule has 0 saturated heterocycles. The second kappa shape index (κ2) is 10.3. The Hall–Kier alpha value is -3.07. The van der Waals surface area contributed by atoms with E-state index in [1.807, 2.05) is 0 Å². The van der Waals surface area contributed by atoms with Crippen molar-refractivity contribution in [2.75, 3.05) is 6.54 Å². The van der Waals surface area contributed by atoms with E-state index >= 15 is 0 Å². The van der Waals surface area contributed by atoms with E-state index < -0.39 is 28.3 Å². The van der Waals surface area contributed by atoms with Crippen LogP contribution in [0.5, 0.6) is 0 Å². The van der Waals surface area contributed by atoms with Crippen molar-refractivity contribution in [3.05, 3.63) is 101 Å². The molecule has 0 aliphatic carbocycles. The van der Waals surface area contributed by atoms with Crippen molar-refractivity contribution in [2.45, 2.75) is 11.4 Å². The fourth-order valence-corrected chi connectivity index (χ4v) is 4.33. The third kappa shape index (κ3) is 6.45. The third-order valence-corrected chi connectivity index (χ3v) is 6.27. The van der Waals surface area contributed by atoms with Crippen molar-refractivity contribution in [3.8, 4) is 0 Å². The number of benzene rings is 3. The zero-order chi connectivity index (χ0) is 22.3. The number of nitrogens with zero attached hydrogens (tertiary/aromatic N) is 2. The van der Waals surface area contributed by atoms with Gasteiger partial charge in [-0.3, -0.25) is 4.79 Å². The highest BCUT2D eigenvalue weighted by molar-refractivity contribution is 7.89. The summed E-state index contributed by atoms with van der Waals surface area (Å²) in [6.07, 6.45) is 1.40. The lowest BCUT2D eigenvalue weighted by Crippen LogP contribution is -2.39. The molecule has 0 unspecified atom stereocenters. The van der Waals surface area contributed by atoms with Gasteiger partial charge in [-0.25, -0.2) is 18.2 Å². The second-order valence-electron chi connectivity index (χ2n) is 6.56. The van der Waals surface area contributed by atoms with Gasteiger partial charge in [-0.1, -0.05) is 54.1 Å². The van der Waals surface area contributed by atoms with Gasteiger partial charge in [0.1, 0.15) is 5.82 Å². The molecule has 0 atom stereocenters. The summed E-state index contributed by atoms with van der Waals surface area (Å²) in [5.41, 5.74) is 3.53. The van der Waals surface area contributed by atoms with Gasteiger partial charge in [-0.15, -0.1) is 0 Å². The van der Waals surface area contributed by atoms with Crippen LogP contribution in [0.25, 0.3) is 0 Å². The third-order valence-electron chi connectivity index (χ3n) is 4.22. The number of carbonyl (C=O) groups is 1. The minimum Gasteiger partial charge on any atom is -0.272 e. The van der Waals surface area contributed by atoms with Gasteiger partial charge in [0.05, 0.1) is 17.7 Å². The summed E-state index contributed by atoms with van der Waals surface area (Å²) in [6.45, 7) is -0.579. The van der Waals surface area contributed by atoms with Crippen molar-refractivity contribution in [2.24, 2.45) is 5.10 Å². The van der Waals surface area contributed by atoms with E-state index in [2.05, 4.69) is 10.5 Å². The van der Waals surface area contributed by atoms with E-state index in [4.69, 9.17) is 11.6 Å². The average molecular weight is 460 g/mol. The van der Waals surface area contributed by atoms with Crippen LogP contribution in [-0.4, -0.2) is 31.4 Å². The minimum absolute atomic E-state index is 0.0485. The molecule has 0 spiro atoms. The lowest BCUT2D eigenvalue weighted by molar-refractivity contribution is -0.121. The van der Waals surface area contributed by atoms with Crippen LogP contribution in [0, 0.1) is 5.82 Å². The highest BCUT2D eigenvalue weighted by Crippen LogP contribution is 2.18. The summed E-state index contributed by atoms with van der Waals surface area (Å²) in [5, 5.41) is 4.38. The highest BCUT2D eigenvalue weighted by atomic mass is 35.5. The van der Waals surface area contributed by atoms with Gasteiger partial charge in [0.15, 0.2) is 0 Å². The molecule has 3 aromatic carbocycles. The topological polar surface area (TPSA) is 78.8 Å². The first-order valence-electron chi connectivity index (χ1n) is 9.22. The number of hydrogen-bond donors (Lipinski definition) is 1. The molecule has 1 amide bonds. The predicted molar refractivity (Wildman–Crippen MR) is 118 cm³/mol. The number of hydrogen-bond acceptors (Lipinski definition) is 4. The molecule has 0 aromatic heterocycles. The number of sulfonamides is 1. The molecule has 3 rings (SSSR count). The van der Waals surface area contributed by atoms with Crippen LogP contribution >= 0.6 is 11.6 Å². The molecule has 6 nitrogen and oxygen atoms in total. The molecule has 0 radical (unpaired) electrons. The zero-order valence-electron chi connectivity index (χ0n) is 16.3. The molecule has 0 aliphatic rings. The Bertz CT molecular complexity index is 1170. The van der Waals surface area contributed by atoms with Gasteiger partial charge < -0.3 is 0 Å². The van der Waals surface area contributed by atoms with E-state index in [1.54, 1.807) is 42.5 Å². The minimum atomic E-state index is -3.98. The SMILES string of the molecule is O=C(CN(Cc1ccc(F)cc1)S(=O)(=O)c1ccccc1)N/N=C\c1cccc(Cl)c1. The number of amides is 1. The maximum atomic E-state index is 13.2. The van der Waals surface area contributed by atoms with Crippen molar-refractivity contribution < 1.29 is 17.6 Å². The monoisotopic (exact) mass is 459 g/mol. The van der Waals surface area contributed by atoms with Crippen molar-refractivity contribution in [1.82, 2.24) is 9.73 Å². The summed E-state index contributed by atoms with van der Waals surface area (Å²) in [4.78, 5) is 12.5. The average Bonchev–Trinajstić information content (AvgIpc) is 2.75. The molecular formula is C22H19ClFN3O3S. The lowest BCUT2D eigenvalue weighted by Gasteiger charge is -2.21. The van der Waals surface area contributed by atoms with Gasteiger partial charge in [0, 0.05) is 11.6 Å². The van der Waals surface area contributed by atoms with E-state index in [1.165, 1.54) is 42.6 Å². The Labute approximate surface area is 185 Å². The van der Waals surface area contributed by atoms with Gasteiger partial charge in [-0.2, -0.15) is 9.41 Å². The molecule has 0 fully saturated rings. The molecule has 0 aliphatic heterocycles. The van der Waals surface area contributed by atoms with Crippen LogP contribution in [0.1, 0.15) is 11.1 Å². The highest BCUT2D eigenvalue weighted by Gasteiger charge is 2.26. The number of carbonyl (C=O) groups excluding carboxylic acids is 1. The fourth-order valence-electron chi connectivity index (χ4n) is 2.72. The first kappa shape index (κ1) is 22.6. The molecule has 0 heterocycles. The maximum absolute atomic E-state index is 13.2. The van der Waals surface area contributed by atoms with Crippen molar-refractivity contribution in [1.29, 1.82) is 0 Å². The summed E-state index contributed by atoms with van der Waals surface area (Å²) in [7, 11) is -3.98. The van der Waals surface area contributed by atoms with Crippen LogP contribution in [0.2, 0.25) is 5.02 Å². The summed E-state index contributed by atoms with van der Waals surface area (Å²) in [5.74, 6) is -1.06. The Morgan fingerprint density at radius 3 is 2.42 bits per heavy atom. The van der Waals surface area contributed by atoms with Crippen LogP contribution < -0.4 is 5.43 Å². The molecule has 1 N–H and O–H groups in total. The number of rotatable bonds is 8. The van der Waals surface area contributed by atoms with E-state index in [-0.39, 0.29) is 11.4 Å². The summed E-state index contributed by atoms with van der Waals surface area (Å²) < 4.78 is 40.4. The normalized spacial score (nSPS) is 11.7. The standard InChI is InChI=1S/C22H19ClFN3O3S/c23-19-6-4-5-18(13-19)14-25-26-22(28)16-27(15-17-9-11-20(24)12-10-17)31(29,30)21-7-2-1-3-8-21/h1-14H,15-16H2,(H,26,28)/b25-14-. The van der Waals surface area contributed by atoms with Gasteiger partial charge in [-0.05, 0) is 47.5 Å². The number of halogens is 2. The molecule has 0 bridgehead atoms. The first-order valence-corrected chi connectivity index (χ1v) is 11.0. The maximum Gasteiger partial charge on any atom is 0.255 e. The van der Waals surface area contributed by atoms with Crippen molar-refractivity contribution in [3.63, 3.8) is 0 Å². The number of nitrogens with one attached hydrogen (secondary N) is 1. The van der Waals surface area contributed by atoms with Crippen LogP contribution in [0.15, 0.2) is 88.9 Å². The largest absolute Gasteiger partial charge is 0.272 e. The van der Waals surface area contributed by atoms with E-state index in [9.17, 15) is 17.6 Å². The lowest BCUT2D eigenvalue weighted by atomic mass is 10.2. The molecular weight excluding hydrogens is 441 g/mol. The van der Waals surface area contributed by atoms with Gasteiger partial charge in [0.2, 0.25) is 10.0 Å². The Balaban J connectivity index is 1.77. The fraction of sp³-hybridized carbons (Fsp3) is 0.0909. The van der Waals surface area contributed by atoms with Crippen LogP contribution in [-0.2, 0) is 21.4 Å². The van der Waals surface area contributed by atoms with E-state index in [0.717, 1.165) is 4.31 Å². The quantitative estimate of drug-likeness (QED) is 0.411. The Morgan fingerprint density at radius 1 is 1.03 bits per heavy atom. The first-order chi connectivity index (χ1) is 14.8. The Morgan fingerprint density at radius 2 is 1.74 bits per heavy atom. The second-order valence-corrected chi connectivity index (χ2v) is 8.94. The van der Waals surface area contributed by atoms with Crippen LogP contribution in [0.3, 0.4) is 0 Å². The van der Waals surface area contributed by atoms with Crippen LogP contribution in [0.4, 0.5) is 4.39 Å². The summed E-state index contributed by atoms with van der Waals surface area (Å²) in [6, 6.07) is 20.1. The molecule has 9 heteroatoms. The van der Waals surface area contributed by atoms with Crippen molar-refractivity contribution >= 4 is 33.7 Å².